The van der Waals surface area contributed by atoms with Gasteiger partial charge in [-0.25, -0.2) is 4.99 Å². The summed E-state index contributed by atoms with van der Waals surface area (Å²) in [5, 5.41) is 17.4. The molecule has 0 fully saturated rings. The van der Waals surface area contributed by atoms with Crippen LogP contribution in [0.1, 0.15) is 27.8 Å². The van der Waals surface area contributed by atoms with E-state index in [-0.39, 0.29) is 11.9 Å². The number of amides is 1. The van der Waals surface area contributed by atoms with Gasteiger partial charge in [-0.1, -0.05) is 24.3 Å². The predicted octanol–water partition coefficient (Wildman–Crippen LogP) is 2.34. The zero-order chi connectivity index (χ0) is 22.1. The third kappa shape index (κ3) is 2.24. The van der Waals surface area contributed by atoms with Gasteiger partial charge in [0.05, 0.1) is 24.0 Å². The highest BCUT2D eigenvalue weighted by atomic mass is 16.2. The van der Waals surface area contributed by atoms with Crippen molar-refractivity contribution in [2.45, 2.75) is 24.8 Å². The standard InChI is InChI=1S/C25H20N6O/c1-31-22(32)25(30-23(31)27)21-8-17(16-4-2-3-15(7-16)12-26)5-6-18(21)9-24(25)10-19-13-28-29-14-20(19)11-24/h2-8,13-14H,9-11H2,1H3,(H2,27,30). The highest BCUT2D eigenvalue weighted by Crippen LogP contribution is 2.61. The van der Waals surface area contributed by atoms with Gasteiger partial charge in [0.2, 0.25) is 0 Å². The molecule has 1 aromatic heterocycles. The number of guanidine groups is 1. The van der Waals surface area contributed by atoms with Gasteiger partial charge in [0.25, 0.3) is 5.91 Å². The van der Waals surface area contributed by atoms with Gasteiger partial charge in [-0.05, 0) is 70.8 Å². The van der Waals surface area contributed by atoms with Crippen molar-refractivity contribution in [2.75, 3.05) is 7.05 Å². The Morgan fingerprint density at radius 3 is 2.34 bits per heavy atom. The number of aliphatic imine (C=N–C) groups is 1. The fraction of sp³-hybridized carbons (Fsp3) is 0.240. The molecule has 2 N–H and O–H groups in total. The van der Waals surface area contributed by atoms with E-state index in [0.717, 1.165) is 39.8 Å². The summed E-state index contributed by atoms with van der Waals surface area (Å²) in [6.07, 6.45) is 5.72. The third-order valence-electron chi connectivity index (χ3n) is 7.32. The number of hydrogen-bond donors (Lipinski definition) is 1. The second kappa shape index (κ2) is 6.24. The van der Waals surface area contributed by atoms with E-state index in [1.165, 1.54) is 4.90 Å². The molecule has 3 aliphatic rings. The zero-order valence-electron chi connectivity index (χ0n) is 17.5. The van der Waals surface area contributed by atoms with Gasteiger partial charge >= 0.3 is 0 Å². The largest absolute Gasteiger partial charge is 0.369 e. The summed E-state index contributed by atoms with van der Waals surface area (Å²) in [6.45, 7) is 0. The molecule has 0 saturated carbocycles. The molecule has 1 unspecified atom stereocenters. The van der Waals surface area contributed by atoms with Crippen LogP contribution in [-0.2, 0) is 29.6 Å². The second-order valence-corrected chi connectivity index (χ2v) is 8.96. The third-order valence-corrected chi connectivity index (χ3v) is 7.32. The van der Waals surface area contributed by atoms with Gasteiger partial charge in [0.1, 0.15) is 0 Å². The molecule has 1 atom stereocenters. The summed E-state index contributed by atoms with van der Waals surface area (Å²) in [7, 11) is 1.69. The van der Waals surface area contributed by atoms with Gasteiger partial charge < -0.3 is 5.73 Å². The van der Waals surface area contributed by atoms with Crippen molar-refractivity contribution in [1.82, 2.24) is 15.1 Å². The Balaban J connectivity index is 1.57. The highest BCUT2D eigenvalue weighted by molar-refractivity contribution is 6.08. The van der Waals surface area contributed by atoms with E-state index in [2.05, 4.69) is 34.5 Å². The summed E-state index contributed by atoms with van der Waals surface area (Å²) in [4.78, 5) is 20.2. The second-order valence-electron chi connectivity index (χ2n) is 8.96. The zero-order valence-corrected chi connectivity index (χ0v) is 17.5. The number of benzene rings is 2. The highest BCUT2D eigenvalue weighted by Gasteiger charge is 2.67. The maximum Gasteiger partial charge on any atom is 0.262 e. The molecule has 2 spiro atoms. The van der Waals surface area contributed by atoms with Crippen molar-refractivity contribution < 1.29 is 4.79 Å². The van der Waals surface area contributed by atoms with Crippen molar-refractivity contribution >= 4 is 11.9 Å². The lowest BCUT2D eigenvalue weighted by atomic mass is 9.67. The molecular formula is C25H20N6O. The van der Waals surface area contributed by atoms with Crippen LogP contribution < -0.4 is 5.73 Å². The quantitative estimate of drug-likeness (QED) is 0.650. The smallest absolute Gasteiger partial charge is 0.262 e. The van der Waals surface area contributed by atoms with Crippen LogP contribution >= 0.6 is 0 Å². The lowest BCUT2D eigenvalue weighted by Crippen LogP contribution is -2.50. The molecule has 7 heteroatoms. The fourth-order valence-corrected chi connectivity index (χ4v) is 5.82. The van der Waals surface area contributed by atoms with E-state index in [1.54, 1.807) is 25.5 Å². The topological polar surface area (TPSA) is 108 Å². The summed E-state index contributed by atoms with van der Waals surface area (Å²) in [6, 6.07) is 15.9. The Bertz CT molecular complexity index is 1360. The molecule has 2 heterocycles. The van der Waals surface area contributed by atoms with E-state index in [9.17, 15) is 10.1 Å². The predicted molar refractivity (Wildman–Crippen MR) is 118 cm³/mol. The first-order valence-electron chi connectivity index (χ1n) is 10.5. The molecule has 0 radical (unpaired) electrons. The fourth-order valence-electron chi connectivity index (χ4n) is 5.82. The number of aromatic nitrogens is 2. The van der Waals surface area contributed by atoms with E-state index in [4.69, 9.17) is 10.7 Å². The summed E-state index contributed by atoms with van der Waals surface area (Å²) in [5.74, 6) is 0.150. The van der Waals surface area contributed by atoms with Crippen LogP contribution in [0.5, 0.6) is 0 Å². The van der Waals surface area contributed by atoms with Crippen LogP contribution in [0.25, 0.3) is 11.1 Å². The maximum atomic E-state index is 13.8. The Hall–Kier alpha value is -4.05. The van der Waals surface area contributed by atoms with Crippen LogP contribution in [0.4, 0.5) is 0 Å². The first-order chi connectivity index (χ1) is 15.5. The minimum absolute atomic E-state index is 0.0922. The number of carbonyl (C=O) groups excluding carboxylic acids is 1. The number of carbonyl (C=O) groups is 1. The molecule has 7 nitrogen and oxygen atoms in total. The van der Waals surface area contributed by atoms with E-state index in [0.29, 0.717) is 18.4 Å². The average molecular weight is 420 g/mol. The first-order valence-corrected chi connectivity index (χ1v) is 10.5. The number of rotatable bonds is 1. The van der Waals surface area contributed by atoms with Crippen molar-refractivity contribution in [3.05, 3.63) is 82.7 Å². The van der Waals surface area contributed by atoms with Crippen molar-refractivity contribution in [2.24, 2.45) is 16.1 Å². The lowest BCUT2D eigenvalue weighted by molar-refractivity contribution is -0.134. The maximum absolute atomic E-state index is 13.8. The van der Waals surface area contributed by atoms with Crippen LogP contribution in [0.2, 0.25) is 0 Å². The van der Waals surface area contributed by atoms with Crippen molar-refractivity contribution in [1.29, 1.82) is 5.26 Å². The molecule has 2 aromatic carbocycles. The Morgan fingerprint density at radius 2 is 1.69 bits per heavy atom. The number of nitrogens with two attached hydrogens (primary N) is 1. The van der Waals surface area contributed by atoms with E-state index in [1.807, 2.05) is 18.2 Å². The Kier molecular flexibility index (Phi) is 3.64. The minimum Gasteiger partial charge on any atom is -0.369 e. The van der Waals surface area contributed by atoms with E-state index >= 15 is 0 Å². The molecule has 6 rings (SSSR count). The van der Waals surface area contributed by atoms with Gasteiger partial charge in [0, 0.05) is 12.5 Å². The molecule has 1 aliphatic heterocycles. The lowest BCUT2D eigenvalue weighted by Gasteiger charge is -2.37. The average Bonchev–Trinajstić information content (AvgIpc) is 3.40. The first kappa shape index (κ1) is 18.7. The van der Waals surface area contributed by atoms with Gasteiger partial charge in [0.15, 0.2) is 11.5 Å². The van der Waals surface area contributed by atoms with Crippen LogP contribution in [-0.4, -0.2) is 34.0 Å². The Labute approximate surface area is 185 Å². The number of hydrogen-bond acceptors (Lipinski definition) is 6. The molecule has 156 valence electrons. The van der Waals surface area contributed by atoms with Crippen molar-refractivity contribution in [3.63, 3.8) is 0 Å². The molecule has 1 amide bonds. The Morgan fingerprint density at radius 1 is 1.00 bits per heavy atom. The van der Waals surface area contributed by atoms with Crippen molar-refractivity contribution in [3.8, 4) is 17.2 Å². The van der Waals surface area contributed by atoms with Gasteiger partial charge in [-0.2, -0.15) is 15.5 Å². The van der Waals surface area contributed by atoms with Crippen LogP contribution in [0, 0.1) is 16.7 Å². The molecular weight excluding hydrogens is 400 g/mol. The van der Waals surface area contributed by atoms with Crippen LogP contribution in [0.3, 0.4) is 0 Å². The normalized spacial score (nSPS) is 22.2. The van der Waals surface area contributed by atoms with Gasteiger partial charge in [-0.3, -0.25) is 9.69 Å². The monoisotopic (exact) mass is 420 g/mol. The molecule has 0 bridgehead atoms. The summed E-state index contributed by atoms with van der Waals surface area (Å²) >= 11 is 0. The molecule has 2 aliphatic carbocycles. The number of nitriles is 1. The SMILES string of the molecule is CN1C(=O)C2(N=C1N)c1cc(-c3cccc(C#N)c3)ccc1CC21Cc2cnncc2C1. The van der Waals surface area contributed by atoms with E-state index < -0.39 is 11.0 Å². The summed E-state index contributed by atoms with van der Waals surface area (Å²) in [5.41, 5.74) is 11.4. The number of nitrogens with zero attached hydrogens (tertiary/aromatic N) is 5. The molecule has 3 aromatic rings. The summed E-state index contributed by atoms with van der Waals surface area (Å²) < 4.78 is 0. The van der Waals surface area contributed by atoms with Gasteiger partial charge in [-0.15, -0.1) is 0 Å². The number of fused-ring (bicyclic) bond motifs is 4. The molecule has 32 heavy (non-hydrogen) atoms. The van der Waals surface area contributed by atoms with Crippen LogP contribution in [0.15, 0.2) is 59.9 Å². The number of likely N-dealkylation sites (N-methyl/N-ethyl adjacent to an activating group) is 1. The molecule has 0 saturated heterocycles. The minimum atomic E-state index is -1.08.